The summed E-state index contributed by atoms with van der Waals surface area (Å²) < 4.78 is 0. The van der Waals surface area contributed by atoms with E-state index in [-0.39, 0.29) is 11.9 Å². The molecule has 1 aliphatic rings. The summed E-state index contributed by atoms with van der Waals surface area (Å²) in [7, 11) is 0. The van der Waals surface area contributed by atoms with E-state index < -0.39 is 5.54 Å². The van der Waals surface area contributed by atoms with Crippen molar-refractivity contribution in [2.45, 2.75) is 25.8 Å². The maximum Gasteiger partial charge on any atom is 0.325 e. The molecule has 1 saturated heterocycles. The van der Waals surface area contributed by atoms with Crippen molar-refractivity contribution in [2.24, 2.45) is 5.73 Å². The first kappa shape index (κ1) is 9.98. The van der Waals surface area contributed by atoms with Crippen molar-refractivity contribution in [3.05, 3.63) is 0 Å². The molecule has 0 aromatic rings. The van der Waals surface area contributed by atoms with E-state index in [1.807, 2.05) is 0 Å². The molecule has 3 amide bonds. The first-order valence-electron chi connectivity index (χ1n) is 4.33. The minimum absolute atomic E-state index is 0.175. The van der Waals surface area contributed by atoms with Gasteiger partial charge in [0.2, 0.25) is 0 Å². The van der Waals surface area contributed by atoms with E-state index in [1.54, 1.807) is 13.8 Å². The quantitative estimate of drug-likeness (QED) is 0.591. The van der Waals surface area contributed by atoms with Crippen LogP contribution in [0.2, 0.25) is 0 Å². The molecule has 0 bridgehead atoms. The molecule has 0 aliphatic carbocycles. The summed E-state index contributed by atoms with van der Waals surface area (Å²) in [5.74, 6) is -0.175. The maximum atomic E-state index is 11.5. The second kappa shape index (κ2) is 3.33. The van der Waals surface area contributed by atoms with Gasteiger partial charge in [0.15, 0.2) is 0 Å². The van der Waals surface area contributed by atoms with Gasteiger partial charge in [0.1, 0.15) is 5.54 Å². The van der Waals surface area contributed by atoms with Crippen LogP contribution in [0.5, 0.6) is 0 Å². The summed E-state index contributed by atoms with van der Waals surface area (Å²) in [6.45, 7) is 4.27. The Morgan fingerprint density at radius 3 is 2.46 bits per heavy atom. The highest BCUT2D eigenvalue weighted by molar-refractivity contribution is 6.06. The van der Waals surface area contributed by atoms with Crippen LogP contribution in [0.15, 0.2) is 0 Å². The zero-order valence-electron chi connectivity index (χ0n) is 7.96. The summed E-state index contributed by atoms with van der Waals surface area (Å²) in [6.07, 6.45) is 0.648. The number of nitrogens with one attached hydrogen (secondary N) is 1. The monoisotopic (exact) mass is 185 g/mol. The first-order valence-corrected chi connectivity index (χ1v) is 4.33. The van der Waals surface area contributed by atoms with Gasteiger partial charge in [-0.05, 0) is 26.8 Å². The second-order valence-corrected chi connectivity index (χ2v) is 3.65. The number of carbonyl (C=O) groups is 2. The lowest BCUT2D eigenvalue weighted by atomic mass is 10.1. The van der Waals surface area contributed by atoms with E-state index in [1.165, 1.54) is 4.90 Å². The fourth-order valence-electron chi connectivity index (χ4n) is 1.27. The topological polar surface area (TPSA) is 75.4 Å². The van der Waals surface area contributed by atoms with Crippen molar-refractivity contribution in [3.8, 4) is 0 Å². The van der Waals surface area contributed by atoms with Gasteiger partial charge in [0, 0.05) is 6.54 Å². The van der Waals surface area contributed by atoms with Gasteiger partial charge >= 0.3 is 6.03 Å². The highest BCUT2D eigenvalue weighted by atomic mass is 16.2. The van der Waals surface area contributed by atoms with E-state index >= 15 is 0 Å². The van der Waals surface area contributed by atoms with Gasteiger partial charge in [-0.3, -0.25) is 9.69 Å². The Morgan fingerprint density at radius 1 is 1.46 bits per heavy atom. The van der Waals surface area contributed by atoms with Crippen molar-refractivity contribution < 1.29 is 9.59 Å². The molecule has 1 fully saturated rings. The SMILES string of the molecule is CC1(C)NC(=O)N(CCCN)C1=O. The first-order chi connectivity index (χ1) is 5.99. The molecule has 0 aromatic carbocycles. The molecule has 0 spiro atoms. The molecule has 5 nitrogen and oxygen atoms in total. The molecule has 1 aliphatic heterocycles. The predicted octanol–water partition coefficient (Wildman–Crippen LogP) is -0.334. The van der Waals surface area contributed by atoms with Gasteiger partial charge in [0.05, 0.1) is 0 Å². The van der Waals surface area contributed by atoms with Crippen molar-refractivity contribution in [1.82, 2.24) is 10.2 Å². The van der Waals surface area contributed by atoms with Crippen molar-refractivity contribution in [3.63, 3.8) is 0 Å². The maximum absolute atomic E-state index is 11.5. The third-order valence-corrected chi connectivity index (χ3v) is 2.03. The molecule has 13 heavy (non-hydrogen) atoms. The minimum atomic E-state index is -0.758. The Morgan fingerprint density at radius 2 is 2.08 bits per heavy atom. The van der Waals surface area contributed by atoms with Crippen LogP contribution >= 0.6 is 0 Å². The van der Waals surface area contributed by atoms with E-state index in [4.69, 9.17) is 5.73 Å². The van der Waals surface area contributed by atoms with Gasteiger partial charge in [-0.2, -0.15) is 0 Å². The Bertz CT molecular complexity index is 238. The van der Waals surface area contributed by atoms with Crippen molar-refractivity contribution in [2.75, 3.05) is 13.1 Å². The van der Waals surface area contributed by atoms with Crippen LogP contribution in [0.1, 0.15) is 20.3 Å². The Labute approximate surface area is 77.3 Å². The number of amides is 3. The Kier molecular flexibility index (Phi) is 2.56. The number of imide groups is 1. The van der Waals surface area contributed by atoms with Crippen LogP contribution in [0.4, 0.5) is 4.79 Å². The molecular formula is C8H15N3O2. The average Bonchev–Trinajstić information content (AvgIpc) is 2.21. The molecule has 1 heterocycles. The van der Waals surface area contributed by atoms with Crippen LogP contribution in [0.25, 0.3) is 0 Å². The molecule has 0 aromatic heterocycles. The van der Waals surface area contributed by atoms with Crippen LogP contribution in [-0.4, -0.2) is 35.5 Å². The number of rotatable bonds is 3. The molecule has 74 valence electrons. The van der Waals surface area contributed by atoms with E-state index in [9.17, 15) is 9.59 Å². The molecular weight excluding hydrogens is 170 g/mol. The molecule has 1 rings (SSSR count). The van der Waals surface area contributed by atoms with Crippen LogP contribution < -0.4 is 11.1 Å². The fourth-order valence-corrected chi connectivity index (χ4v) is 1.27. The van der Waals surface area contributed by atoms with Gasteiger partial charge < -0.3 is 11.1 Å². The van der Waals surface area contributed by atoms with Gasteiger partial charge in [-0.1, -0.05) is 0 Å². The number of nitrogens with two attached hydrogens (primary N) is 1. The van der Waals surface area contributed by atoms with Crippen LogP contribution in [0.3, 0.4) is 0 Å². The standard InChI is InChI=1S/C8H15N3O2/c1-8(2)6(12)11(5-3-4-9)7(13)10-8/h3-5,9H2,1-2H3,(H,10,13). The van der Waals surface area contributed by atoms with E-state index in [0.29, 0.717) is 19.5 Å². The van der Waals surface area contributed by atoms with Gasteiger partial charge in [-0.15, -0.1) is 0 Å². The van der Waals surface area contributed by atoms with Crippen molar-refractivity contribution >= 4 is 11.9 Å². The highest BCUT2D eigenvalue weighted by Gasteiger charge is 2.43. The fraction of sp³-hybridized carbons (Fsp3) is 0.750. The molecule has 5 heteroatoms. The van der Waals surface area contributed by atoms with Gasteiger partial charge in [0.25, 0.3) is 5.91 Å². The summed E-state index contributed by atoms with van der Waals surface area (Å²) in [5, 5.41) is 2.60. The smallest absolute Gasteiger partial charge is 0.325 e. The zero-order chi connectivity index (χ0) is 10.1. The van der Waals surface area contributed by atoms with Crippen LogP contribution in [0, 0.1) is 0 Å². The average molecular weight is 185 g/mol. The summed E-state index contributed by atoms with van der Waals surface area (Å²) in [5.41, 5.74) is 4.54. The molecule has 0 saturated carbocycles. The van der Waals surface area contributed by atoms with E-state index in [2.05, 4.69) is 5.32 Å². The number of nitrogens with zero attached hydrogens (tertiary/aromatic N) is 1. The zero-order valence-corrected chi connectivity index (χ0v) is 7.96. The second-order valence-electron chi connectivity index (χ2n) is 3.65. The summed E-state index contributed by atoms with van der Waals surface area (Å²) in [4.78, 5) is 24.0. The number of hydrogen-bond donors (Lipinski definition) is 2. The number of hydrogen-bond acceptors (Lipinski definition) is 3. The lowest BCUT2D eigenvalue weighted by Crippen LogP contribution is -2.40. The molecule has 0 atom stereocenters. The summed E-state index contributed by atoms with van der Waals surface area (Å²) in [6, 6.07) is -0.316. The van der Waals surface area contributed by atoms with E-state index in [0.717, 1.165) is 0 Å². The number of urea groups is 1. The normalized spacial score (nSPS) is 20.7. The lowest BCUT2D eigenvalue weighted by molar-refractivity contribution is -0.130. The lowest BCUT2D eigenvalue weighted by Gasteiger charge is -2.15. The molecule has 0 unspecified atom stereocenters. The molecule has 0 radical (unpaired) electrons. The Balaban J connectivity index is 2.66. The number of carbonyl (C=O) groups excluding carboxylic acids is 2. The highest BCUT2D eigenvalue weighted by Crippen LogP contribution is 2.16. The predicted molar refractivity (Wildman–Crippen MR) is 48.0 cm³/mol. The van der Waals surface area contributed by atoms with Gasteiger partial charge in [-0.25, -0.2) is 4.79 Å². The van der Waals surface area contributed by atoms with Crippen LogP contribution in [-0.2, 0) is 4.79 Å². The third kappa shape index (κ3) is 1.80. The Hall–Kier alpha value is -1.10. The van der Waals surface area contributed by atoms with Crippen molar-refractivity contribution in [1.29, 1.82) is 0 Å². The summed E-state index contributed by atoms with van der Waals surface area (Å²) >= 11 is 0. The minimum Gasteiger partial charge on any atom is -0.330 e. The largest absolute Gasteiger partial charge is 0.330 e. The third-order valence-electron chi connectivity index (χ3n) is 2.03. The molecule has 3 N–H and O–H groups in total.